The maximum absolute atomic E-state index is 14.1. The number of amides is 1. The molecule has 1 amide bonds. The van der Waals surface area contributed by atoms with Crippen LogP contribution in [0, 0.1) is 0 Å². The van der Waals surface area contributed by atoms with Crippen molar-refractivity contribution < 1.29 is 13.9 Å². The molecule has 1 saturated heterocycles. The average Bonchev–Trinajstić information content (AvgIpc) is 2.25. The van der Waals surface area contributed by atoms with Gasteiger partial charge in [0.05, 0.1) is 6.54 Å². The first-order valence-electron chi connectivity index (χ1n) is 5.93. The number of ether oxygens (including phenoxy) is 1. The Morgan fingerprint density at radius 3 is 2.50 bits per heavy atom. The molecule has 0 saturated carbocycles. The van der Waals surface area contributed by atoms with Gasteiger partial charge in [-0.15, -0.1) is 0 Å². The number of hydrogen-bond acceptors (Lipinski definition) is 3. The van der Waals surface area contributed by atoms with E-state index in [-0.39, 0.29) is 32.5 Å². The van der Waals surface area contributed by atoms with Crippen molar-refractivity contribution in [3.8, 4) is 0 Å². The fourth-order valence-electron chi connectivity index (χ4n) is 1.73. The van der Waals surface area contributed by atoms with E-state index in [0.717, 1.165) is 0 Å². The summed E-state index contributed by atoms with van der Waals surface area (Å²) in [7, 11) is 0. The number of carbonyl (C=O) groups excluding carboxylic acids is 1. The maximum atomic E-state index is 14.1. The summed E-state index contributed by atoms with van der Waals surface area (Å²) >= 11 is 0. The number of likely N-dealkylation sites (tertiary alicyclic amines) is 1. The number of hydrogen-bond donors (Lipinski definition) is 0. The number of azide groups is 1. The summed E-state index contributed by atoms with van der Waals surface area (Å²) in [5.74, 6) is 0. The molecule has 1 aliphatic rings. The predicted molar refractivity (Wildman–Crippen MR) is 64.9 cm³/mol. The van der Waals surface area contributed by atoms with Gasteiger partial charge >= 0.3 is 6.09 Å². The average molecular weight is 258 g/mol. The van der Waals surface area contributed by atoms with Gasteiger partial charge in [0.1, 0.15) is 11.3 Å². The fourth-order valence-corrected chi connectivity index (χ4v) is 1.73. The Hall–Kier alpha value is -1.49. The Bertz CT molecular complexity index is 353. The van der Waals surface area contributed by atoms with E-state index in [1.807, 2.05) is 0 Å². The van der Waals surface area contributed by atoms with Crippen molar-refractivity contribution in [1.29, 1.82) is 0 Å². The number of nitrogens with zero attached hydrogens (tertiary/aromatic N) is 4. The third-order valence-electron chi connectivity index (χ3n) is 2.73. The van der Waals surface area contributed by atoms with Crippen LogP contribution in [-0.4, -0.2) is 41.9 Å². The number of carbonyl (C=O) groups is 1. The Morgan fingerprint density at radius 2 is 2.06 bits per heavy atom. The van der Waals surface area contributed by atoms with Crippen LogP contribution in [0.15, 0.2) is 5.11 Å². The topological polar surface area (TPSA) is 78.3 Å². The number of alkyl halides is 1. The summed E-state index contributed by atoms with van der Waals surface area (Å²) in [5, 5.41) is 3.27. The molecule has 0 atom stereocenters. The predicted octanol–water partition coefficient (Wildman–Crippen LogP) is 3.04. The van der Waals surface area contributed by atoms with E-state index in [1.165, 1.54) is 4.90 Å². The largest absolute Gasteiger partial charge is 0.444 e. The van der Waals surface area contributed by atoms with E-state index in [1.54, 1.807) is 20.8 Å². The lowest BCUT2D eigenvalue weighted by molar-refractivity contribution is 0.00506. The Morgan fingerprint density at radius 1 is 1.50 bits per heavy atom. The van der Waals surface area contributed by atoms with E-state index in [9.17, 15) is 9.18 Å². The summed E-state index contributed by atoms with van der Waals surface area (Å²) in [4.78, 5) is 15.8. The lowest BCUT2D eigenvalue weighted by Crippen LogP contribution is -2.47. The van der Waals surface area contributed by atoms with Gasteiger partial charge in [-0.3, -0.25) is 0 Å². The molecule has 0 bridgehead atoms. The first-order chi connectivity index (χ1) is 8.26. The molecular formula is C11H19FN4O2. The van der Waals surface area contributed by atoms with Crippen LogP contribution in [0.4, 0.5) is 9.18 Å². The molecule has 0 aliphatic carbocycles. The SMILES string of the molecule is CC(C)(C)OC(=O)N1CCC(F)(CN=[N+]=[N-])CC1. The van der Waals surface area contributed by atoms with Gasteiger partial charge in [0, 0.05) is 18.0 Å². The molecule has 0 aromatic heterocycles. The summed E-state index contributed by atoms with van der Waals surface area (Å²) in [6.45, 7) is 5.76. The van der Waals surface area contributed by atoms with Gasteiger partial charge in [0.25, 0.3) is 0 Å². The lowest BCUT2D eigenvalue weighted by atomic mass is 9.94. The van der Waals surface area contributed by atoms with Crippen LogP contribution in [0.1, 0.15) is 33.6 Å². The van der Waals surface area contributed by atoms with Gasteiger partial charge in [-0.25, -0.2) is 9.18 Å². The summed E-state index contributed by atoms with van der Waals surface area (Å²) in [6.07, 6.45) is -0.0791. The highest BCUT2D eigenvalue weighted by Crippen LogP contribution is 2.27. The number of halogens is 1. The molecule has 102 valence electrons. The van der Waals surface area contributed by atoms with Crippen LogP contribution in [-0.2, 0) is 4.74 Å². The highest BCUT2D eigenvalue weighted by atomic mass is 19.1. The van der Waals surface area contributed by atoms with Gasteiger partial charge in [0.15, 0.2) is 0 Å². The molecule has 0 aromatic carbocycles. The molecule has 1 rings (SSSR count). The zero-order chi connectivity index (χ0) is 13.8. The van der Waals surface area contributed by atoms with Crippen LogP contribution >= 0.6 is 0 Å². The summed E-state index contributed by atoms with van der Waals surface area (Å²) in [6, 6.07) is 0. The Balaban J connectivity index is 2.48. The van der Waals surface area contributed by atoms with Crippen molar-refractivity contribution in [2.75, 3.05) is 19.6 Å². The van der Waals surface area contributed by atoms with Crippen molar-refractivity contribution in [2.24, 2.45) is 5.11 Å². The molecule has 1 heterocycles. The molecule has 1 aliphatic heterocycles. The molecule has 1 fully saturated rings. The molecular weight excluding hydrogens is 239 g/mol. The minimum atomic E-state index is -1.50. The standard InChI is InChI=1S/C11H19FN4O2/c1-10(2,3)18-9(17)16-6-4-11(12,5-7-16)8-14-15-13/h4-8H2,1-3H3. The van der Waals surface area contributed by atoms with Crippen molar-refractivity contribution in [3.05, 3.63) is 10.4 Å². The maximum Gasteiger partial charge on any atom is 0.410 e. The van der Waals surface area contributed by atoms with Crippen LogP contribution in [0.5, 0.6) is 0 Å². The van der Waals surface area contributed by atoms with Crippen LogP contribution in [0.25, 0.3) is 10.4 Å². The minimum Gasteiger partial charge on any atom is -0.444 e. The van der Waals surface area contributed by atoms with Gasteiger partial charge < -0.3 is 9.64 Å². The van der Waals surface area contributed by atoms with Gasteiger partial charge in [-0.05, 0) is 39.1 Å². The fraction of sp³-hybridized carbons (Fsp3) is 0.909. The zero-order valence-corrected chi connectivity index (χ0v) is 11.0. The molecule has 0 spiro atoms. The van der Waals surface area contributed by atoms with E-state index in [4.69, 9.17) is 10.3 Å². The highest BCUT2D eigenvalue weighted by Gasteiger charge is 2.36. The second kappa shape index (κ2) is 5.44. The van der Waals surface area contributed by atoms with Crippen LogP contribution in [0.3, 0.4) is 0 Å². The molecule has 7 heteroatoms. The lowest BCUT2D eigenvalue weighted by Gasteiger charge is -2.36. The minimum absolute atomic E-state index is 0.172. The summed E-state index contributed by atoms with van der Waals surface area (Å²) < 4.78 is 19.3. The van der Waals surface area contributed by atoms with Crippen LogP contribution in [0.2, 0.25) is 0 Å². The highest BCUT2D eigenvalue weighted by molar-refractivity contribution is 5.68. The van der Waals surface area contributed by atoms with E-state index >= 15 is 0 Å². The van der Waals surface area contributed by atoms with Gasteiger partial charge in [0.2, 0.25) is 0 Å². The third-order valence-corrected chi connectivity index (χ3v) is 2.73. The second-order valence-electron chi connectivity index (χ2n) is 5.51. The summed E-state index contributed by atoms with van der Waals surface area (Å²) in [5.41, 5.74) is 6.14. The third kappa shape index (κ3) is 4.41. The first-order valence-corrected chi connectivity index (χ1v) is 5.93. The zero-order valence-electron chi connectivity index (χ0n) is 11.0. The van der Waals surface area contributed by atoms with Crippen molar-refractivity contribution in [1.82, 2.24) is 4.90 Å². The van der Waals surface area contributed by atoms with E-state index in [0.29, 0.717) is 0 Å². The molecule has 6 nitrogen and oxygen atoms in total. The Labute approximate surface area is 106 Å². The Kier molecular flexibility index (Phi) is 4.40. The smallest absolute Gasteiger partial charge is 0.410 e. The van der Waals surface area contributed by atoms with Gasteiger partial charge in [-0.2, -0.15) is 0 Å². The molecule has 18 heavy (non-hydrogen) atoms. The van der Waals surface area contributed by atoms with Crippen molar-refractivity contribution in [2.45, 2.75) is 44.9 Å². The number of rotatable bonds is 2. The quantitative estimate of drug-likeness (QED) is 0.433. The monoisotopic (exact) mass is 258 g/mol. The second-order valence-corrected chi connectivity index (χ2v) is 5.51. The molecule has 0 N–H and O–H groups in total. The normalized spacial score (nSPS) is 19.0. The first kappa shape index (κ1) is 14.6. The molecule has 0 unspecified atom stereocenters. The van der Waals surface area contributed by atoms with Crippen molar-refractivity contribution >= 4 is 6.09 Å². The van der Waals surface area contributed by atoms with Gasteiger partial charge in [-0.1, -0.05) is 5.11 Å². The van der Waals surface area contributed by atoms with Crippen LogP contribution < -0.4 is 0 Å². The van der Waals surface area contributed by atoms with Crippen molar-refractivity contribution in [3.63, 3.8) is 0 Å². The molecule has 0 aromatic rings. The molecule has 0 radical (unpaired) electrons. The number of piperidine rings is 1. The van der Waals surface area contributed by atoms with E-state index < -0.39 is 17.4 Å². The van der Waals surface area contributed by atoms with E-state index in [2.05, 4.69) is 10.0 Å².